The second-order valence-corrected chi connectivity index (χ2v) is 5.93. The van der Waals surface area contributed by atoms with Crippen molar-refractivity contribution in [2.45, 2.75) is 37.7 Å². The highest BCUT2D eigenvalue weighted by molar-refractivity contribution is 5.95. The number of rotatable bonds is 4. The maximum Gasteiger partial charge on any atom is 0.257 e. The van der Waals surface area contributed by atoms with Crippen molar-refractivity contribution in [3.63, 3.8) is 0 Å². The number of likely N-dealkylation sites (N-methyl/N-ethyl adjacent to an activating group) is 1. The van der Waals surface area contributed by atoms with Gasteiger partial charge in [-0.1, -0.05) is 0 Å². The second-order valence-electron chi connectivity index (χ2n) is 5.93. The third-order valence-corrected chi connectivity index (χ3v) is 4.34. The van der Waals surface area contributed by atoms with Crippen molar-refractivity contribution in [2.75, 3.05) is 33.4 Å². The molecule has 0 aromatic carbocycles. The minimum absolute atomic E-state index is 0.0137. The molecule has 0 aliphatic carbocycles. The van der Waals surface area contributed by atoms with Crippen LogP contribution < -0.4 is 0 Å². The van der Waals surface area contributed by atoms with E-state index in [0.717, 1.165) is 38.2 Å². The van der Waals surface area contributed by atoms with Crippen LogP contribution in [0.15, 0.2) is 6.20 Å². The lowest BCUT2D eigenvalue weighted by molar-refractivity contribution is -0.000216. The van der Waals surface area contributed by atoms with Crippen LogP contribution >= 0.6 is 0 Å². The van der Waals surface area contributed by atoms with Gasteiger partial charge in [-0.05, 0) is 25.7 Å². The van der Waals surface area contributed by atoms with Crippen LogP contribution in [0.2, 0.25) is 0 Å². The van der Waals surface area contributed by atoms with Crippen molar-refractivity contribution in [1.29, 1.82) is 0 Å². The summed E-state index contributed by atoms with van der Waals surface area (Å²) in [5.41, 5.74) is 1.58. The first-order chi connectivity index (χ1) is 10.3. The monoisotopic (exact) mass is 293 g/mol. The lowest BCUT2D eigenvalue weighted by Crippen LogP contribution is -2.37. The van der Waals surface area contributed by atoms with E-state index in [2.05, 4.69) is 10.2 Å². The van der Waals surface area contributed by atoms with E-state index < -0.39 is 0 Å². The van der Waals surface area contributed by atoms with Crippen LogP contribution in [0.5, 0.6) is 0 Å². The van der Waals surface area contributed by atoms with E-state index in [0.29, 0.717) is 18.7 Å². The van der Waals surface area contributed by atoms with Gasteiger partial charge < -0.3 is 14.4 Å². The summed E-state index contributed by atoms with van der Waals surface area (Å²) in [5, 5.41) is 7.04. The normalized spacial score (nSPS) is 26.0. The first-order valence-electron chi connectivity index (χ1n) is 7.74. The minimum Gasteiger partial charge on any atom is -0.381 e. The van der Waals surface area contributed by atoms with Crippen molar-refractivity contribution < 1.29 is 14.3 Å². The number of nitrogens with one attached hydrogen (secondary N) is 1. The standard InChI is InChI=1S/C15H23N3O3/c1-18(9-12-4-2-3-6-21-12)15(19)13-8-16-17-14(13)11-5-7-20-10-11/h8,11-12H,2-7,9-10H2,1H3,(H,16,17)/t11-,12-/m1/s1. The highest BCUT2D eigenvalue weighted by atomic mass is 16.5. The van der Waals surface area contributed by atoms with E-state index in [1.54, 1.807) is 11.1 Å². The summed E-state index contributed by atoms with van der Waals surface area (Å²) in [6.07, 6.45) is 6.08. The van der Waals surface area contributed by atoms with Gasteiger partial charge in [0.25, 0.3) is 5.91 Å². The second kappa shape index (κ2) is 6.58. The molecule has 1 N–H and O–H groups in total. The maximum atomic E-state index is 12.6. The zero-order valence-corrected chi connectivity index (χ0v) is 12.5. The molecule has 6 nitrogen and oxygen atoms in total. The van der Waals surface area contributed by atoms with Crippen LogP contribution in [0.4, 0.5) is 0 Å². The van der Waals surface area contributed by atoms with Gasteiger partial charge in [0.2, 0.25) is 0 Å². The molecule has 2 atom stereocenters. The minimum atomic E-state index is 0.0137. The number of aromatic amines is 1. The Morgan fingerprint density at radius 3 is 3.05 bits per heavy atom. The highest BCUT2D eigenvalue weighted by Gasteiger charge is 2.27. The van der Waals surface area contributed by atoms with Crippen molar-refractivity contribution in [3.05, 3.63) is 17.5 Å². The third-order valence-electron chi connectivity index (χ3n) is 4.34. The van der Waals surface area contributed by atoms with E-state index in [4.69, 9.17) is 9.47 Å². The predicted octanol–water partition coefficient (Wildman–Crippen LogP) is 1.55. The summed E-state index contributed by atoms with van der Waals surface area (Å²) in [4.78, 5) is 14.4. The number of carbonyl (C=O) groups is 1. The van der Waals surface area contributed by atoms with Gasteiger partial charge in [0.1, 0.15) is 0 Å². The van der Waals surface area contributed by atoms with E-state index >= 15 is 0 Å². The number of ether oxygens (including phenoxy) is 2. The first-order valence-corrected chi connectivity index (χ1v) is 7.74. The number of hydrogen-bond acceptors (Lipinski definition) is 4. The maximum absolute atomic E-state index is 12.6. The Labute approximate surface area is 124 Å². The summed E-state index contributed by atoms with van der Waals surface area (Å²) < 4.78 is 11.1. The molecule has 1 aromatic rings. The van der Waals surface area contributed by atoms with Crippen LogP contribution in [-0.2, 0) is 9.47 Å². The highest BCUT2D eigenvalue weighted by Crippen LogP contribution is 2.26. The number of amides is 1. The molecule has 2 aliphatic rings. The van der Waals surface area contributed by atoms with E-state index in [-0.39, 0.29) is 17.9 Å². The fourth-order valence-corrected chi connectivity index (χ4v) is 3.09. The molecular weight excluding hydrogens is 270 g/mol. The molecule has 21 heavy (non-hydrogen) atoms. The molecule has 2 aliphatic heterocycles. The third kappa shape index (κ3) is 3.27. The van der Waals surface area contributed by atoms with Crippen molar-refractivity contribution in [1.82, 2.24) is 15.1 Å². The van der Waals surface area contributed by atoms with Gasteiger partial charge in [-0.3, -0.25) is 9.89 Å². The fraction of sp³-hybridized carbons (Fsp3) is 0.733. The fourth-order valence-electron chi connectivity index (χ4n) is 3.09. The molecule has 0 bridgehead atoms. The Balaban J connectivity index is 1.65. The van der Waals surface area contributed by atoms with Crippen LogP contribution in [0.25, 0.3) is 0 Å². The number of nitrogens with zero attached hydrogens (tertiary/aromatic N) is 2. The Morgan fingerprint density at radius 2 is 2.33 bits per heavy atom. The van der Waals surface area contributed by atoms with Crippen LogP contribution in [0.1, 0.15) is 47.7 Å². The molecule has 1 amide bonds. The molecular formula is C15H23N3O3. The van der Waals surface area contributed by atoms with E-state index in [9.17, 15) is 4.79 Å². The predicted molar refractivity (Wildman–Crippen MR) is 77.3 cm³/mol. The van der Waals surface area contributed by atoms with Gasteiger partial charge >= 0.3 is 0 Å². The molecule has 6 heteroatoms. The van der Waals surface area contributed by atoms with Gasteiger partial charge in [0.05, 0.1) is 30.2 Å². The molecule has 1 aromatic heterocycles. The van der Waals surface area contributed by atoms with Gasteiger partial charge in [-0.25, -0.2) is 0 Å². The molecule has 0 spiro atoms. The Bertz CT molecular complexity index is 476. The number of carbonyl (C=O) groups excluding carboxylic acids is 1. The molecule has 2 saturated heterocycles. The Kier molecular flexibility index (Phi) is 4.55. The topological polar surface area (TPSA) is 67.5 Å². The zero-order valence-electron chi connectivity index (χ0n) is 12.5. The van der Waals surface area contributed by atoms with Crippen LogP contribution in [-0.4, -0.2) is 60.5 Å². The molecule has 3 rings (SSSR count). The van der Waals surface area contributed by atoms with Gasteiger partial charge in [0, 0.05) is 32.7 Å². The van der Waals surface area contributed by atoms with Crippen molar-refractivity contribution in [2.24, 2.45) is 0 Å². The average Bonchev–Trinajstić information content (AvgIpc) is 3.18. The SMILES string of the molecule is CN(C[C@H]1CCCCO1)C(=O)c1cn[nH]c1[C@@H]1CCOC1. The molecule has 0 radical (unpaired) electrons. The summed E-state index contributed by atoms with van der Waals surface area (Å²) in [6, 6.07) is 0. The Morgan fingerprint density at radius 1 is 1.43 bits per heavy atom. The summed E-state index contributed by atoms with van der Waals surface area (Å²) in [6.45, 7) is 2.87. The lowest BCUT2D eigenvalue weighted by atomic mass is 10.0. The van der Waals surface area contributed by atoms with Crippen LogP contribution in [0.3, 0.4) is 0 Å². The zero-order chi connectivity index (χ0) is 14.7. The van der Waals surface area contributed by atoms with Gasteiger partial charge in [-0.2, -0.15) is 5.10 Å². The summed E-state index contributed by atoms with van der Waals surface area (Å²) in [5.74, 6) is 0.269. The van der Waals surface area contributed by atoms with Crippen LogP contribution in [0, 0.1) is 0 Å². The van der Waals surface area contributed by atoms with Crippen molar-refractivity contribution in [3.8, 4) is 0 Å². The smallest absolute Gasteiger partial charge is 0.257 e. The van der Waals surface area contributed by atoms with E-state index in [1.165, 1.54) is 6.42 Å². The average molecular weight is 293 g/mol. The Hall–Kier alpha value is -1.40. The summed E-state index contributed by atoms with van der Waals surface area (Å²) >= 11 is 0. The number of aromatic nitrogens is 2. The van der Waals surface area contributed by atoms with E-state index in [1.807, 2.05) is 7.05 Å². The first kappa shape index (κ1) is 14.5. The van der Waals surface area contributed by atoms with Gasteiger partial charge in [-0.15, -0.1) is 0 Å². The number of hydrogen-bond donors (Lipinski definition) is 1. The lowest BCUT2D eigenvalue weighted by Gasteiger charge is -2.27. The number of H-pyrrole nitrogens is 1. The van der Waals surface area contributed by atoms with Gasteiger partial charge in [0.15, 0.2) is 0 Å². The molecule has 0 saturated carbocycles. The quantitative estimate of drug-likeness (QED) is 0.914. The van der Waals surface area contributed by atoms with Crippen molar-refractivity contribution >= 4 is 5.91 Å². The molecule has 2 fully saturated rings. The largest absolute Gasteiger partial charge is 0.381 e. The molecule has 0 unspecified atom stereocenters. The molecule has 3 heterocycles. The summed E-state index contributed by atoms with van der Waals surface area (Å²) in [7, 11) is 1.84. The molecule has 116 valence electrons.